The Morgan fingerprint density at radius 2 is 1.20 bits per heavy atom. The quantitative estimate of drug-likeness (QED) is 0.354. The van der Waals surface area contributed by atoms with Crippen LogP contribution in [0.5, 0.6) is 0 Å². The van der Waals surface area contributed by atoms with E-state index < -0.39 is 11.8 Å². The molecule has 6 heteroatoms. The SMILES string of the molecule is CC(=O)N(O)N(O)C(C)=O. The molecule has 0 radical (unpaired) electrons. The first-order chi connectivity index (χ1) is 4.46. The van der Waals surface area contributed by atoms with Gasteiger partial charge in [0.25, 0.3) is 11.8 Å². The van der Waals surface area contributed by atoms with Crippen LogP contribution in [0.4, 0.5) is 0 Å². The first kappa shape index (κ1) is 8.86. The van der Waals surface area contributed by atoms with Gasteiger partial charge in [-0.1, -0.05) is 10.3 Å². The van der Waals surface area contributed by atoms with Crippen LogP contribution in [-0.2, 0) is 9.59 Å². The smallest absolute Gasteiger partial charge is 0.266 e. The highest BCUT2D eigenvalue weighted by Gasteiger charge is 2.15. The second-order valence-electron chi connectivity index (χ2n) is 1.62. The molecule has 0 rings (SSSR count). The van der Waals surface area contributed by atoms with Gasteiger partial charge in [0, 0.05) is 13.8 Å². The van der Waals surface area contributed by atoms with Gasteiger partial charge in [-0.3, -0.25) is 20.0 Å². The standard InChI is InChI=1S/C4H8N2O4/c1-3(7)5(9)6(10)4(2)8/h9-10H,1-2H3. The molecule has 0 aliphatic rings. The Kier molecular flexibility index (Phi) is 2.78. The number of hydrazine groups is 1. The average Bonchev–Trinajstić information content (AvgIpc) is 1.84. The predicted octanol–water partition coefficient (Wildman–Crippen LogP) is -0.623. The maximum atomic E-state index is 10.2. The van der Waals surface area contributed by atoms with Crippen molar-refractivity contribution in [2.75, 3.05) is 0 Å². The molecule has 0 aromatic rings. The van der Waals surface area contributed by atoms with Crippen LogP contribution in [0.3, 0.4) is 0 Å². The van der Waals surface area contributed by atoms with E-state index in [-0.39, 0.29) is 10.3 Å². The van der Waals surface area contributed by atoms with E-state index >= 15 is 0 Å². The minimum Gasteiger partial charge on any atom is -0.271 e. The number of amides is 2. The Labute approximate surface area is 57.1 Å². The maximum Gasteiger partial charge on any atom is 0.266 e. The second kappa shape index (κ2) is 3.14. The fourth-order valence-corrected chi connectivity index (χ4v) is 0.267. The van der Waals surface area contributed by atoms with Crippen molar-refractivity contribution in [3.8, 4) is 0 Å². The first-order valence-corrected chi connectivity index (χ1v) is 2.46. The lowest BCUT2D eigenvalue weighted by Crippen LogP contribution is -2.43. The van der Waals surface area contributed by atoms with Crippen molar-refractivity contribution in [2.45, 2.75) is 13.8 Å². The van der Waals surface area contributed by atoms with E-state index in [0.717, 1.165) is 13.8 Å². The summed E-state index contributed by atoms with van der Waals surface area (Å²) in [6.07, 6.45) is 0. The molecule has 0 fully saturated rings. The van der Waals surface area contributed by atoms with E-state index in [1.165, 1.54) is 0 Å². The molecule has 0 unspecified atom stereocenters. The molecule has 0 saturated carbocycles. The fraction of sp³-hybridized carbons (Fsp3) is 0.500. The fourth-order valence-electron chi connectivity index (χ4n) is 0.267. The molecule has 0 atom stereocenters. The van der Waals surface area contributed by atoms with Gasteiger partial charge in [-0.15, -0.1) is 0 Å². The highest BCUT2D eigenvalue weighted by molar-refractivity contribution is 5.77. The van der Waals surface area contributed by atoms with Crippen molar-refractivity contribution in [1.82, 2.24) is 10.3 Å². The number of rotatable bonds is 0. The van der Waals surface area contributed by atoms with Crippen LogP contribution < -0.4 is 0 Å². The van der Waals surface area contributed by atoms with Gasteiger partial charge in [-0.25, -0.2) is 0 Å². The van der Waals surface area contributed by atoms with Gasteiger partial charge in [0.2, 0.25) is 0 Å². The van der Waals surface area contributed by atoms with E-state index in [1.54, 1.807) is 0 Å². The monoisotopic (exact) mass is 148 g/mol. The van der Waals surface area contributed by atoms with Crippen molar-refractivity contribution in [1.29, 1.82) is 0 Å². The third-order valence-corrected chi connectivity index (χ3v) is 0.743. The molecule has 0 bridgehead atoms. The molecule has 0 heterocycles. The summed E-state index contributed by atoms with van der Waals surface area (Å²) in [4.78, 5) is 20.4. The molecule has 0 saturated heterocycles. The Bertz CT molecular complexity index is 139. The zero-order chi connectivity index (χ0) is 8.31. The van der Waals surface area contributed by atoms with E-state index in [4.69, 9.17) is 10.4 Å². The lowest BCUT2D eigenvalue weighted by Gasteiger charge is -2.19. The summed E-state index contributed by atoms with van der Waals surface area (Å²) in [5, 5.41) is 16.6. The Morgan fingerprint density at radius 1 is 1.00 bits per heavy atom. The number of nitrogens with zero attached hydrogens (tertiary/aromatic N) is 2. The summed E-state index contributed by atoms with van der Waals surface area (Å²) in [6, 6.07) is 0. The number of hydrogen-bond donors (Lipinski definition) is 2. The van der Waals surface area contributed by atoms with Crippen LogP contribution >= 0.6 is 0 Å². The molecule has 2 amide bonds. The largest absolute Gasteiger partial charge is 0.271 e. The predicted molar refractivity (Wildman–Crippen MR) is 28.6 cm³/mol. The molecule has 10 heavy (non-hydrogen) atoms. The summed E-state index contributed by atoms with van der Waals surface area (Å²) in [7, 11) is 0. The highest BCUT2D eigenvalue weighted by Crippen LogP contribution is 1.89. The first-order valence-electron chi connectivity index (χ1n) is 2.46. The van der Waals surface area contributed by atoms with Crippen LogP contribution in [-0.4, -0.2) is 32.6 Å². The summed E-state index contributed by atoms with van der Waals surface area (Å²) in [5.74, 6) is -1.70. The molecule has 6 nitrogen and oxygen atoms in total. The van der Waals surface area contributed by atoms with Gasteiger partial charge in [-0.2, -0.15) is 0 Å². The third kappa shape index (κ3) is 2.00. The van der Waals surface area contributed by atoms with Crippen LogP contribution in [0, 0.1) is 0 Å². The lowest BCUT2D eigenvalue weighted by molar-refractivity contribution is -0.323. The van der Waals surface area contributed by atoms with Crippen molar-refractivity contribution >= 4 is 11.8 Å². The Balaban J connectivity index is 4.07. The zero-order valence-corrected chi connectivity index (χ0v) is 5.61. The average molecular weight is 148 g/mol. The second-order valence-corrected chi connectivity index (χ2v) is 1.62. The van der Waals surface area contributed by atoms with Crippen LogP contribution in [0.2, 0.25) is 0 Å². The molecule has 0 aromatic carbocycles. The molecule has 58 valence electrons. The minimum atomic E-state index is -0.849. The number of hydrogen-bond acceptors (Lipinski definition) is 4. The van der Waals surface area contributed by atoms with Gasteiger partial charge < -0.3 is 0 Å². The molecule has 0 aliphatic carbocycles. The Hall–Kier alpha value is -1.14. The van der Waals surface area contributed by atoms with Crippen LogP contribution in [0.25, 0.3) is 0 Å². The summed E-state index contributed by atoms with van der Waals surface area (Å²) in [5.41, 5.74) is 0. The molecule has 0 aliphatic heterocycles. The van der Waals surface area contributed by atoms with E-state index in [1.807, 2.05) is 0 Å². The minimum absolute atomic E-state index is 0.192. The number of hydroxylamine groups is 2. The summed E-state index contributed by atoms with van der Waals surface area (Å²) in [6.45, 7) is 1.98. The Morgan fingerprint density at radius 3 is 1.30 bits per heavy atom. The van der Waals surface area contributed by atoms with Gasteiger partial charge in [0.05, 0.1) is 0 Å². The van der Waals surface area contributed by atoms with E-state index in [2.05, 4.69) is 0 Å². The molecular formula is C4H8N2O4. The molecule has 0 spiro atoms. The van der Waals surface area contributed by atoms with Crippen molar-refractivity contribution < 1.29 is 20.0 Å². The topological polar surface area (TPSA) is 81.1 Å². The van der Waals surface area contributed by atoms with E-state index in [9.17, 15) is 9.59 Å². The summed E-state index contributed by atoms with van der Waals surface area (Å²) >= 11 is 0. The molecule has 2 N–H and O–H groups in total. The molecule has 0 aromatic heterocycles. The normalized spacial score (nSPS) is 8.80. The molecular weight excluding hydrogens is 140 g/mol. The maximum absolute atomic E-state index is 10.2. The third-order valence-electron chi connectivity index (χ3n) is 0.743. The number of carbonyl (C=O) groups excluding carboxylic acids is 2. The lowest BCUT2D eigenvalue weighted by atomic mass is 10.7. The summed E-state index contributed by atoms with van der Waals surface area (Å²) < 4.78 is 0. The van der Waals surface area contributed by atoms with Gasteiger partial charge in [-0.05, 0) is 0 Å². The highest BCUT2D eigenvalue weighted by atomic mass is 16.7. The zero-order valence-electron chi connectivity index (χ0n) is 5.61. The van der Waals surface area contributed by atoms with E-state index in [0.29, 0.717) is 0 Å². The van der Waals surface area contributed by atoms with Crippen LogP contribution in [0.15, 0.2) is 0 Å². The van der Waals surface area contributed by atoms with Crippen molar-refractivity contribution in [3.63, 3.8) is 0 Å². The van der Waals surface area contributed by atoms with Gasteiger partial charge in [0.15, 0.2) is 0 Å². The van der Waals surface area contributed by atoms with Gasteiger partial charge >= 0.3 is 0 Å². The van der Waals surface area contributed by atoms with Gasteiger partial charge in [0.1, 0.15) is 0 Å². The van der Waals surface area contributed by atoms with Crippen molar-refractivity contribution in [2.24, 2.45) is 0 Å². The number of carbonyl (C=O) groups is 2. The van der Waals surface area contributed by atoms with Crippen molar-refractivity contribution in [3.05, 3.63) is 0 Å². The van der Waals surface area contributed by atoms with Crippen LogP contribution in [0.1, 0.15) is 13.8 Å².